The fourth-order valence-electron chi connectivity index (χ4n) is 6.92. The van der Waals surface area contributed by atoms with Gasteiger partial charge in [0.15, 0.2) is 0 Å². The Kier molecular flexibility index (Phi) is 10.5. The Labute approximate surface area is 250 Å². The second-order valence-corrected chi connectivity index (χ2v) is 12.0. The van der Waals surface area contributed by atoms with Crippen LogP contribution in [0.2, 0.25) is 0 Å². The van der Waals surface area contributed by atoms with Crippen LogP contribution in [0, 0.1) is 5.92 Å². The Balaban J connectivity index is 0.00000387. The molecule has 2 aromatic rings. The van der Waals surface area contributed by atoms with E-state index in [1.165, 1.54) is 37.7 Å². The van der Waals surface area contributed by atoms with Gasteiger partial charge in [0.05, 0.1) is 5.56 Å². The van der Waals surface area contributed by atoms with Crippen LogP contribution in [0.25, 0.3) is 11.1 Å². The molecule has 3 aliphatic rings. The number of unbranched alkanes of at least 4 members (excludes halogenated alkanes) is 1. The number of carbonyl (C=O) groups excluding carboxylic acids is 2. The van der Waals surface area contributed by atoms with Crippen LogP contribution >= 0.6 is 12.4 Å². The summed E-state index contributed by atoms with van der Waals surface area (Å²) in [5.74, 6) is -0.202. The Morgan fingerprint density at radius 3 is 2.37 bits per heavy atom. The van der Waals surface area contributed by atoms with Crippen LogP contribution in [0.4, 0.5) is 0 Å². The molecule has 2 N–H and O–H groups in total. The fourth-order valence-corrected chi connectivity index (χ4v) is 6.92. The zero-order chi connectivity index (χ0) is 28.1. The van der Waals surface area contributed by atoms with Crippen molar-refractivity contribution in [2.75, 3.05) is 19.6 Å². The minimum atomic E-state index is -0.926. The number of nitrogens with zero attached hydrogens (tertiary/aromatic N) is 2. The molecular weight excluding hydrogens is 538 g/mol. The van der Waals surface area contributed by atoms with Gasteiger partial charge in [0, 0.05) is 26.2 Å². The lowest BCUT2D eigenvalue weighted by atomic mass is 9.79. The molecule has 2 amide bonds. The number of amides is 2. The number of carbonyl (C=O) groups is 3. The Hall–Kier alpha value is -2.90. The Bertz CT molecular complexity index is 1200. The molecule has 1 aliphatic carbocycles. The van der Waals surface area contributed by atoms with Crippen LogP contribution < -0.4 is 5.32 Å². The quantitative estimate of drug-likeness (QED) is 0.384. The molecule has 5 rings (SSSR count). The van der Waals surface area contributed by atoms with Crippen molar-refractivity contribution >= 4 is 30.2 Å². The van der Waals surface area contributed by atoms with Crippen molar-refractivity contribution < 1.29 is 19.5 Å². The summed E-state index contributed by atoms with van der Waals surface area (Å²) in [6.45, 7) is 5.08. The molecule has 2 aromatic carbocycles. The summed E-state index contributed by atoms with van der Waals surface area (Å²) >= 11 is 0. The molecular formula is C33H44ClN3O4. The van der Waals surface area contributed by atoms with Crippen molar-refractivity contribution in [3.05, 3.63) is 59.7 Å². The van der Waals surface area contributed by atoms with Crippen molar-refractivity contribution in [3.8, 4) is 11.1 Å². The summed E-state index contributed by atoms with van der Waals surface area (Å²) in [6.07, 6.45) is 10.1. The number of piperidine rings is 1. The van der Waals surface area contributed by atoms with Gasteiger partial charge in [-0.1, -0.05) is 75.8 Å². The summed E-state index contributed by atoms with van der Waals surface area (Å²) in [7, 11) is 0. The Morgan fingerprint density at radius 2 is 1.71 bits per heavy atom. The van der Waals surface area contributed by atoms with Crippen molar-refractivity contribution in [1.82, 2.24) is 15.1 Å². The molecule has 41 heavy (non-hydrogen) atoms. The minimum Gasteiger partial charge on any atom is -0.478 e. The number of piperazine rings is 1. The lowest BCUT2D eigenvalue weighted by molar-refractivity contribution is -0.162. The lowest BCUT2D eigenvalue weighted by Gasteiger charge is -2.52. The predicted molar refractivity (Wildman–Crippen MR) is 163 cm³/mol. The van der Waals surface area contributed by atoms with Crippen molar-refractivity contribution in [2.45, 2.75) is 89.3 Å². The summed E-state index contributed by atoms with van der Waals surface area (Å²) in [6, 6.07) is 14.9. The van der Waals surface area contributed by atoms with Gasteiger partial charge < -0.3 is 15.3 Å². The van der Waals surface area contributed by atoms with E-state index in [1.54, 1.807) is 12.1 Å². The van der Waals surface area contributed by atoms with Crippen LogP contribution in [0.1, 0.15) is 87.1 Å². The molecule has 0 unspecified atom stereocenters. The van der Waals surface area contributed by atoms with E-state index >= 15 is 0 Å². The topological polar surface area (TPSA) is 90.0 Å². The van der Waals surface area contributed by atoms with Crippen LogP contribution in [-0.4, -0.2) is 63.9 Å². The molecule has 2 aliphatic heterocycles. The molecule has 3 fully saturated rings. The molecule has 2 heterocycles. The van der Waals surface area contributed by atoms with E-state index in [-0.39, 0.29) is 35.8 Å². The number of aromatic carboxylic acids is 1. The number of hydrogen-bond acceptors (Lipinski definition) is 4. The third kappa shape index (κ3) is 6.95. The van der Waals surface area contributed by atoms with Crippen LogP contribution in [0.15, 0.2) is 48.5 Å². The minimum absolute atomic E-state index is 0. The van der Waals surface area contributed by atoms with E-state index in [2.05, 4.69) is 29.3 Å². The van der Waals surface area contributed by atoms with Gasteiger partial charge in [-0.05, 0) is 66.5 Å². The number of hydrogen-bond donors (Lipinski definition) is 2. The van der Waals surface area contributed by atoms with E-state index < -0.39 is 11.5 Å². The number of nitrogens with one attached hydrogen (secondary N) is 1. The van der Waals surface area contributed by atoms with Crippen molar-refractivity contribution in [2.24, 2.45) is 5.92 Å². The highest BCUT2D eigenvalue weighted by atomic mass is 35.5. The molecule has 222 valence electrons. The number of likely N-dealkylation sites (tertiary alicyclic amines) is 1. The van der Waals surface area contributed by atoms with Gasteiger partial charge in [-0.3, -0.25) is 14.5 Å². The van der Waals surface area contributed by atoms with Gasteiger partial charge >= 0.3 is 5.97 Å². The maximum atomic E-state index is 13.8. The molecule has 1 spiro atoms. The van der Waals surface area contributed by atoms with Gasteiger partial charge in [-0.2, -0.15) is 0 Å². The molecule has 0 aromatic heterocycles. The van der Waals surface area contributed by atoms with Crippen LogP contribution in [0.5, 0.6) is 0 Å². The number of carboxylic acids is 1. The average Bonchev–Trinajstić information content (AvgIpc) is 2.98. The molecule has 1 atom stereocenters. The zero-order valence-corrected chi connectivity index (χ0v) is 25.0. The highest BCUT2D eigenvalue weighted by molar-refractivity contribution is 6.00. The Morgan fingerprint density at radius 1 is 1.00 bits per heavy atom. The number of benzene rings is 2. The lowest BCUT2D eigenvalue weighted by Crippen LogP contribution is -2.73. The molecule has 1 saturated carbocycles. The smallest absolute Gasteiger partial charge is 0.335 e. The molecule has 8 heteroatoms. The van der Waals surface area contributed by atoms with E-state index in [9.17, 15) is 19.5 Å². The van der Waals surface area contributed by atoms with E-state index in [0.717, 1.165) is 50.0 Å². The standard InChI is InChI=1S/C33H43N3O4.ClH/c1-2-3-18-36-30(37)29(22-24-8-5-4-6-9-24)34-32(40)33(36)16-19-35(20-17-33)23-25-10-7-11-28(21-25)26-12-14-27(15-13-26)31(38)39;/h7,10-15,21,24,29H,2-6,8-9,16-20,22-23H2,1H3,(H,34,40)(H,38,39);1H/t29-;/m0./s1. The third-order valence-corrected chi connectivity index (χ3v) is 9.32. The second kappa shape index (κ2) is 13.8. The molecule has 0 bridgehead atoms. The van der Waals surface area contributed by atoms with Crippen molar-refractivity contribution in [3.63, 3.8) is 0 Å². The number of carboxylic acid groups (broad SMARTS) is 1. The normalized spacial score (nSPS) is 21.4. The van der Waals surface area contributed by atoms with E-state index in [4.69, 9.17) is 0 Å². The predicted octanol–water partition coefficient (Wildman–Crippen LogP) is 5.91. The first-order chi connectivity index (χ1) is 19.4. The first-order valence-electron chi connectivity index (χ1n) is 15.2. The second-order valence-electron chi connectivity index (χ2n) is 12.0. The monoisotopic (exact) mass is 581 g/mol. The summed E-state index contributed by atoms with van der Waals surface area (Å²) in [5.41, 5.74) is 2.75. The maximum Gasteiger partial charge on any atom is 0.335 e. The highest BCUT2D eigenvalue weighted by Gasteiger charge is 2.53. The van der Waals surface area contributed by atoms with E-state index in [0.29, 0.717) is 25.3 Å². The van der Waals surface area contributed by atoms with Gasteiger partial charge in [0.2, 0.25) is 11.8 Å². The van der Waals surface area contributed by atoms with Crippen molar-refractivity contribution in [1.29, 1.82) is 0 Å². The van der Waals surface area contributed by atoms with Gasteiger partial charge in [-0.25, -0.2) is 4.79 Å². The summed E-state index contributed by atoms with van der Waals surface area (Å²) in [5, 5.41) is 12.4. The van der Waals surface area contributed by atoms with E-state index in [1.807, 2.05) is 29.2 Å². The highest BCUT2D eigenvalue weighted by Crippen LogP contribution is 2.36. The first-order valence-corrected chi connectivity index (χ1v) is 15.2. The van der Waals surface area contributed by atoms with Gasteiger partial charge in [0.1, 0.15) is 11.6 Å². The zero-order valence-electron chi connectivity index (χ0n) is 24.1. The molecule has 0 radical (unpaired) electrons. The first kappa shape index (κ1) is 31.0. The maximum absolute atomic E-state index is 13.8. The molecule has 2 saturated heterocycles. The third-order valence-electron chi connectivity index (χ3n) is 9.32. The van der Waals surface area contributed by atoms with Gasteiger partial charge in [0.25, 0.3) is 0 Å². The molecule has 7 nitrogen and oxygen atoms in total. The SMILES string of the molecule is CCCCN1C(=O)[C@H](CC2CCCCC2)NC(=O)C12CCN(Cc1cccc(-c3ccc(C(=O)O)cc3)c1)CC2.Cl. The average molecular weight is 582 g/mol. The summed E-state index contributed by atoms with van der Waals surface area (Å²) < 4.78 is 0. The van der Waals surface area contributed by atoms with Crippen LogP contribution in [-0.2, 0) is 16.1 Å². The number of halogens is 1. The van der Waals surface area contributed by atoms with Gasteiger partial charge in [-0.15, -0.1) is 12.4 Å². The fraction of sp³-hybridized carbons (Fsp3) is 0.545. The van der Waals surface area contributed by atoms with Crippen LogP contribution in [0.3, 0.4) is 0 Å². The summed E-state index contributed by atoms with van der Waals surface area (Å²) in [4.78, 5) is 43.0. The largest absolute Gasteiger partial charge is 0.478 e. The number of rotatable bonds is 9.